The van der Waals surface area contributed by atoms with Crippen LogP contribution in [0.15, 0.2) is 54.7 Å². The van der Waals surface area contributed by atoms with Crippen molar-refractivity contribution in [1.82, 2.24) is 15.5 Å². The molecule has 0 aliphatic carbocycles. The molecular formula is C19H18FN3O2. The van der Waals surface area contributed by atoms with E-state index >= 15 is 0 Å². The molecule has 0 fully saturated rings. The van der Waals surface area contributed by atoms with Crippen molar-refractivity contribution in [2.75, 3.05) is 13.7 Å². The summed E-state index contributed by atoms with van der Waals surface area (Å²) in [6.45, 7) is 0.456. The first kappa shape index (κ1) is 16.7. The molecule has 3 rings (SSSR count). The van der Waals surface area contributed by atoms with Crippen molar-refractivity contribution >= 4 is 5.91 Å². The van der Waals surface area contributed by atoms with Crippen molar-refractivity contribution in [1.29, 1.82) is 0 Å². The summed E-state index contributed by atoms with van der Waals surface area (Å²) in [5.41, 5.74) is 2.94. The molecule has 1 aromatic heterocycles. The van der Waals surface area contributed by atoms with Gasteiger partial charge in [-0.25, -0.2) is 4.39 Å². The highest BCUT2D eigenvalue weighted by atomic mass is 19.1. The summed E-state index contributed by atoms with van der Waals surface area (Å²) in [5.74, 6) is 0.269. The highest BCUT2D eigenvalue weighted by molar-refractivity contribution is 5.99. The molecule has 1 heterocycles. The van der Waals surface area contributed by atoms with E-state index in [9.17, 15) is 9.18 Å². The van der Waals surface area contributed by atoms with Gasteiger partial charge in [0.1, 0.15) is 11.6 Å². The van der Waals surface area contributed by atoms with Gasteiger partial charge in [0.25, 0.3) is 5.91 Å². The summed E-state index contributed by atoms with van der Waals surface area (Å²) in [6, 6.07) is 13.6. The van der Waals surface area contributed by atoms with Crippen LogP contribution >= 0.6 is 0 Å². The summed E-state index contributed by atoms with van der Waals surface area (Å²) in [4.78, 5) is 12.4. The van der Waals surface area contributed by atoms with Gasteiger partial charge in [0, 0.05) is 12.1 Å². The van der Waals surface area contributed by atoms with E-state index in [1.807, 2.05) is 24.3 Å². The van der Waals surface area contributed by atoms with Gasteiger partial charge in [-0.15, -0.1) is 0 Å². The average Bonchev–Trinajstić information content (AvgIpc) is 3.13. The van der Waals surface area contributed by atoms with E-state index in [2.05, 4.69) is 15.5 Å². The zero-order chi connectivity index (χ0) is 17.6. The molecule has 2 aromatic carbocycles. The second-order valence-corrected chi connectivity index (χ2v) is 5.52. The Morgan fingerprint density at radius 3 is 2.56 bits per heavy atom. The van der Waals surface area contributed by atoms with Crippen molar-refractivity contribution in [3.05, 3.63) is 71.7 Å². The molecule has 0 aliphatic heterocycles. The van der Waals surface area contributed by atoms with Crippen molar-refractivity contribution in [2.45, 2.75) is 6.42 Å². The summed E-state index contributed by atoms with van der Waals surface area (Å²) in [6.07, 6.45) is 2.13. The Labute approximate surface area is 144 Å². The number of aromatic nitrogens is 2. The van der Waals surface area contributed by atoms with Gasteiger partial charge < -0.3 is 10.1 Å². The number of methoxy groups -OCH3 is 1. The molecule has 128 valence electrons. The normalized spacial score (nSPS) is 10.5. The number of rotatable bonds is 6. The summed E-state index contributed by atoms with van der Waals surface area (Å²) in [5, 5.41) is 9.70. The first-order valence-corrected chi connectivity index (χ1v) is 7.88. The molecular weight excluding hydrogens is 321 g/mol. The fourth-order valence-electron chi connectivity index (χ4n) is 2.50. The van der Waals surface area contributed by atoms with Crippen LogP contribution in [-0.4, -0.2) is 29.8 Å². The lowest BCUT2D eigenvalue weighted by Gasteiger charge is -2.07. The van der Waals surface area contributed by atoms with E-state index in [1.54, 1.807) is 19.2 Å². The smallest absolute Gasteiger partial charge is 0.255 e. The lowest BCUT2D eigenvalue weighted by Crippen LogP contribution is -2.25. The van der Waals surface area contributed by atoms with Crippen LogP contribution in [0.4, 0.5) is 4.39 Å². The molecule has 2 N–H and O–H groups in total. The number of halogens is 1. The van der Waals surface area contributed by atoms with Crippen molar-refractivity contribution < 1.29 is 13.9 Å². The predicted octanol–water partition coefficient (Wildman–Crippen LogP) is 3.20. The molecule has 1 amide bonds. The minimum atomic E-state index is -0.268. The number of carbonyl (C=O) groups excluding carboxylic acids is 1. The van der Waals surface area contributed by atoms with Crippen LogP contribution in [0.2, 0.25) is 0 Å². The second kappa shape index (κ2) is 7.61. The van der Waals surface area contributed by atoms with Crippen LogP contribution in [0.3, 0.4) is 0 Å². The Balaban J connectivity index is 1.64. The molecule has 3 aromatic rings. The average molecular weight is 339 g/mol. The monoisotopic (exact) mass is 339 g/mol. The molecule has 5 nitrogen and oxygen atoms in total. The van der Waals surface area contributed by atoms with E-state index in [1.165, 1.54) is 18.3 Å². The van der Waals surface area contributed by atoms with E-state index < -0.39 is 0 Å². The number of aromatic amines is 1. The molecule has 0 saturated heterocycles. The van der Waals surface area contributed by atoms with Crippen molar-refractivity contribution in [2.24, 2.45) is 0 Å². The molecule has 0 radical (unpaired) electrons. The van der Waals surface area contributed by atoms with Gasteiger partial charge >= 0.3 is 0 Å². The molecule has 0 bridgehead atoms. The maximum Gasteiger partial charge on any atom is 0.255 e. The fourth-order valence-corrected chi connectivity index (χ4v) is 2.50. The van der Waals surface area contributed by atoms with Crippen LogP contribution in [0.5, 0.6) is 5.75 Å². The summed E-state index contributed by atoms with van der Waals surface area (Å²) in [7, 11) is 1.60. The summed E-state index contributed by atoms with van der Waals surface area (Å²) < 4.78 is 18.0. The van der Waals surface area contributed by atoms with E-state index in [-0.39, 0.29) is 11.7 Å². The third-order valence-electron chi connectivity index (χ3n) is 3.88. The zero-order valence-electron chi connectivity index (χ0n) is 13.8. The maximum absolute atomic E-state index is 12.9. The Morgan fingerprint density at radius 1 is 1.16 bits per heavy atom. The van der Waals surface area contributed by atoms with Crippen LogP contribution in [0.25, 0.3) is 11.3 Å². The second-order valence-electron chi connectivity index (χ2n) is 5.52. The first-order chi connectivity index (χ1) is 12.2. The molecule has 25 heavy (non-hydrogen) atoms. The summed E-state index contributed by atoms with van der Waals surface area (Å²) >= 11 is 0. The van der Waals surface area contributed by atoms with E-state index in [0.29, 0.717) is 24.2 Å². The van der Waals surface area contributed by atoms with Gasteiger partial charge in [-0.2, -0.15) is 5.10 Å². The van der Waals surface area contributed by atoms with Gasteiger partial charge in [-0.1, -0.05) is 12.1 Å². The minimum Gasteiger partial charge on any atom is -0.497 e. The molecule has 0 saturated carbocycles. The number of hydrogen-bond donors (Lipinski definition) is 2. The number of amides is 1. The Hall–Kier alpha value is -3.15. The van der Waals surface area contributed by atoms with Crippen molar-refractivity contribution in [3.8, 4) is 17.0 Å². The minimum absolute atomic E-state index is 0.207. The SMILES string of the molecule is COc1ccc(-c2[nH]ncc2C(=O)NCCc2ccc(F)cc2)cc1. The highest BCUT2D eigenvalue weighted by Gasteiger charge is 2.15. The van der Waals surface area contributed by atoms with E-state index in [4.69, 9.17) is 4.74 Å². The first-order valence-electron chi connectivity index (χ1n) is 7.88. The standard InChI is InChI=1S/C19H18FN3O2/c1-25-16-8-4-14(5-9-16)18-17(12-22-23-18)19(24)21-11-10-13-2-6-15(20)7-3-13/h2-9,12H,10-11H2,1H3,(H,21,24)(H,22,23). The number of hydrogen-bond acceptors (Lipinski definition) is 3. The topological polar surface area (TPSA) is 67.0 Å². The Morgan fingerprint density at radius 2 is 1.88 bits per heavy atom. The number of H-pyrrole nitrogens is 1. The molecule has 0 aliphatic rings. The van der Waals surface area contributed by atoms with Crippen molar-refractivity contribution in [3.63, 3.8) is 0 Å². The highest BCUT2D eigenvalue weighted by Crippen LogP contribution is 2.23. The molecule has 0 spiro atoms. The van der Waals surface area contributed by atoms with Gasteiger partial charge in [0.05, 0.1) is 24.6 Å². The van der Waals surface area contributed by atoms with Gasteiger partial charge in [-0.3, -0.25) is 9.89 Å². The number of nitrogens with zero attached hydrogens (tertiary/aromatic N) is 1. The number of carbonyl (C=O) groups is 1. The number of ether oxygens (including phenoxy) is 1. The lowest BCUT2D eigenvalue weighted by molar-refractivity contribution is 0.0955. The third kappa shape index (κ3) is 4.03. The molecule has 0 atom stereocenters. The van der Waals surface area contributed by atoms with Gasteiger partial charge in [0.2, 0.25) is 0 Å². The van der Waals surface area contributed by atoms with Gasteiger partial charge in [-0.05, 0) is 48.4 Å². The Kier molecular flexibility index (Phi) is 5.09. The van der Waals surface area contributed by atoms with Crippen LogP contribution in [0.1, 0.15) is 15.9 Å². The molecule has 0 unspecified atom stereocenters. The van der Waals surface area contributed by atoms with Crippen LogP contribution in [-0.2, 0) is 6.42 Å². The quantitative estimate of drug-likeness (QED) is 0.725. The predicted molar refractivity (Wildman–Crippen MR) is 93.0 cm³/mol. The third-order valence-corrected chi connectivity index (χ3v) is 3.88. The van der Waals surface area contributed by atoms with Crippen LogP contribution in [0, 0.1) is 5.82 Å². The van der Waals surface area contributed by atoms with E-state index in [0.717, 1.165) is 16.9 Å². The van der Waals surface area contributed by atoms with Crippen LogP contribution < -0.4 is 10.1 Å². The Bertz CT molecular complexity index is 842. The molecule has 6 heteroatoms. The zero-order valence-corrected chi connectivity index (χ0v) is 13.8. The lowest BCUT2D eigenvalue weighted by atomic mass is 10.1. The number of benzene rings is 2. The van der Waals surface area contributed by atoms with Gasteiger partial charge in [0.15, 0.2) is 0 Å². The maximum atomic E-state index is 12.9. The number of nitrogens with one attached hydrogen (secondary N) is 2. The fraction of sp³-hybridized carbons (Fsp3) is 0.158. The largest absolute Gasteiger partial charge is 0.497 e.